The first-order valence-corrected chi connectivity index (χ1v) is 2.29. The number of aliphatic hydroxyl groups is 3. The normalized spacial score (nSPS) is 15.1. The van der Waals surface area contributed by atoms with Crippen LogP contribution >= 0.6 is 0 Å². The molecule has 0 saturated carbocycles. The summed E-state index contributed by atoms with van der Waals surface area (Å²) in [5.74, 6) is -1.54. The third-order valence-corrected chi connectivity index (χ3v) is 0.805. The van der Waals surface area contributed by atoms with Crippen LogP contribution in [0, 0.1) is 0 Å². The van der Waals surface area contributed by atoms with E-state index in [2.05, 4.69) is 0 Å². The number of aliphatic hydroxyl groups excluding tert-OH is 3. The maximum atomic E-state index is 9.78. The third kappa shape index (κ3) is 4.43. The van der Waals surface area contributed by atoms with Gasteiger partial charge in [0.25, 0.3) is 0 Å². The molecule has 0 spiro atoms. The van der Waals surface area contributed by atoms with Gasteiger partial charge >= 0.3 is 43.7 Å². The van der Waals surface area contributed by atoms with Gasteiger partial charge in [-0.1, -0.05) is 0 Å². The van der Waals surface area contributed by atoms with Crippen molar-refractivity contribution >= 4 is 43.7 Å². The van der Waals surface area contributed by atoms with Crippen LogP contribution in [0.25, 0.3) is 0 Å². The zero-order chi connectivity index (χ0) is 7.44. The Hall–Kier alpha value is 0.610. The van der Waals surface area contributed by atoms with E-state index in [0.29, 0.717) is 0 Å². The SMILES string of the molecule is O=C(O)[C@@H](O)[C@H](O)CO.[Ca+2].[H-].[H-]. The van der Waals surface area contributed by atoms with Crippen LogP contribution in [0.2, 0.25) is 0 Å². The fourth-order valence-electron chi connectivity index (χ4n) is 0.264. The van der Waals surface area contributed by atoms with Gasteiger partial charge in [-0.2, -0.15) is 0 Å². The van der Waals surface area contributed by atoms with E-state index in [1.165, 1.54) is 0 Å². The fraction of sp³-hybridized carbons (Fsp3) is 0.750. The molecule has 58 valence electrons. The van der Waals surface area contributed by atoms with Crippen LogP contribution in [0.5, 0.6) is 0 Å². The molecular formula is C4H10CaO5. The molecule has 0 aliphatic rings. The van der Waals surface area contributed by atoms with Crippen molar-refractivity contribution in [1.29, 1.82) is 0 Å². The molecule has 0 fully saturated rings. The predicted molar refractivity (Wildman–Crippen MR) is 34.7 cm³/mol. The molecule has 0 aliphatic heterocycles. The Kier molecular flexibility index (Phi) is 8.36. The molecule has 5 nitrogen and oxygen atoms in total. The standard InChI is InChI=1S/C4H8O5.Ca.2H/c5-1-2(6)3(7)4(8)9;;;/h2-3,5-7H,1H2,(H,8,9);;;/q;+2;2*-1/t2-,3+;;;/m1.../s1. The van der Waals surface area contributed by atoms with Gasteiger partial charge < -0.3 is 23.3 Å². The molecule has 0 rings (SSSR count). The van der Waals surface area contributed by atoms with Crippen molar-refractivity contribution in [1.82, 2.24) is 0 Å². The average molecular weight is 178 g/mol. The molecule has 0 aliphatic carbocycles. The smallest absolute Gasteiger partial charge is 1.00 e. The van der Waals surface area contributed by atoms with Crippen molar-refractivity contribution in [3.8, 4) is 0 Å². The van der Waals surface area contributed by atoms with E-state index < -0.39 is 24.8 Å². The minimum atomic E-state index is -1.89. The molecule has 0 aromatic carbocycles. The summed E-state index contributed by atoms with van der Waals surface area (Å²) in [7, 11) is 0. The van der Waals surface area contributed by atoms with Gasteiger partial charge in [0.2, 0.25) is 0 Å². The Labute approximate surface area is 90.3 Å². The molecule has 0 bridgehead atoms. The number of aliphatic carboxylic acids is 1. The Balaban J connectivity index is -0.000000107. The molecule has 0 aromatic rings. The van der Waals surface area contributed by atoms with Crippen LogP contribution in [-0.4, -0.2) is 82.9 Å². The summed E-state index contributed by atoms with van der Waals surface area (Å²) in [5, 5.41) is 32.8. The summed E-state index contributed by atoms with van der Waals surface area (Å²) < 4.78 is 0. The molecule has 10 heavy (non-hydrogen) atoms. The van der Waals surface area contributed by atoms with Crippen LogP contribution < -0.4 is 0 Å². The topological polar surface area (TPSA) is 98.0 Å². The summed E-state index contributed by atoms with van der Waals surface area (Å²) in [5.41, 5.74) is 0. The van der Waals surface area contributed by atoms with Crippen molar-refractivity contribution in [2.24, 2.45) is 0 Å². The second-order valence-electron chi connectivity index (χ2n) is 1.53. The first-order chi connectivity index (χ1) is 4.09. The molecular weight excluding hydrogens is 168 g/mol. The number of carbonyl (C=O) groups is 1. The molecule has 2 atom stereocenters. The van der Waals surface area contributed by atoms with Gasteiger partial charge in [-0.15, -0.1) is 0 Å². The summed E-state index contributed by atoms with van der Waals surface area (Å²) in [4.78, 5) is 9.78. The van der Waals surface area contributed by atoms with Gasteiger partial charge in [0.1, 0.15) is 6.10 Å². The molecule has 0 aromatic heterocycles. The Morgan fingerprint density at radius 3 is 2.00 bits per heavy atom. The van der Waals surface area contributed by atoms with Gasteiger partial charge in [0.05, 0.1) is 6.61 Å². The van der Waals surface area contributed by atoms with Gasteiger partial charge in [-0.3, -0.25) is 0 Å². The summed E-state index contributed by atoms with van der Waals surface area (Å²) >= 11 is 0. The Morgan fingerprint density at radius 2 is 1.90 bits per heavy atom. The largest absolute Gasteiger partial charge is 2.00 e. The molecule has 4 N–H and O–H groups in total. The Bertz CT molecular complexity index is 114. The van der Waals surface area contributed by atoms with Gasteiger partial charge in [0, 0.05) is 0 Å². The van der Waals surface area contributed by atoms with Crippen LogP contribution in [0.1, 0.15) is 2.85 Å². The first kappa shape index (κ1) is 13.2. The van der Waals surface area contributed by atoms with Gasteiger partial charge in [0.15, 0.2) is 6.10 Å². The van der Waals surface area contributed by atoms with Crippen LogP contribution in [0.3, 0.4) is 0 Å². The zero-order valence-electron chi connectivity index (χ0n) is 7.27. The van der Waals surface area contributed by atoms with Crippen LogP contribution in [0.15, 0.2) is 0 Å². The summed E-state index contributed by atoms with van der Waals surface area (Å²) in [6.07, 6.45) is -3.49. The number of hydrogen-bond donors (Lipinski definition) is 4. The van der Waals surface area contributed by atoms with E-state index in [0.717, 1.165) is 0 Å². The monoisotopic (exact) mass is 178 g/mol. The number of rotatable bonds is 3. The molecule has 0 unspecified atom stereocenters. The molecule has 0 amide bonds. The van der Waals surface area contributed by atoms with E-state index in [-0.39, 0.29) is 40.6 Å². The van der Waals surface area contributed by atoms with E-state index in [1.54, 1.807) is 0 Å². The first-order valence-electron chi connectivity index (χ1n) is 2.29. The number of hydrogen-bond acceptors (Lipinski definition) is 4. The second kappa shape index (κ2) is 6.33. The zero-order valence-corrected chi connectivity index (χ0v) is 7.47. The third-order valence-electron chi connectivity index (χ3n) is 0.805. The van der Waals surface area contributed by atoms with Crippen molar-refractivity contribution in [2.45, 2.75) is 12.2 Å². The quantitative estimate of drug-likeness (QED) is 0.362. The minimum absolute atomic E-state index is 0. The molecule has 0 radical (unpaired) electrons. The van der Waals surface area contributed by atoms with Crippen molar-refractivity contribution < 1.29 is 28.1 Å². The van der Waals surface area contributed by atoms with Gasteiger partial charge in [-0.05, 0) is 0 Å². The second-order valence-corrected chi connectivity index (χ2v) is 1.53. The molecule has 6 heteroatoms. The molecule has 0 heterocycles. The van der Waals surface area contributed by atoms with Gasteiger partial charge in [-0.25, -0.2) is 4.79 Å². The summed E-state index contributed by atoms with van der Waals surface area (Å²) in [6.45, 7) is -0.756. The maximum absolute atomic E-state index is 9.78. The van der Waals surface area contributed by atoms with Crippen LogP contribution in [-0.2, 0) is 4.79 Å². The van der Waals surface area contributed by atoms with Crippen LogP contribution in [0.4, 0.5) is 0 Å². The number of carboxylic acid groups (broad SMARTS) is 1. The van der Waals surface area contributed by atoms with Crippen molar-refractivity contribution in [3.63, 3.8) is 0 Å². The van der Waals surface area contributed by atoms with E-state index >= 15 is 0 Å². The summed E-state index contributed by atoms with van der Waals surface area (Å²) in [6, 6.07) is 0. The average Bonchev–Trinajstić information content (AvgIpc) is 1.84. The molecule has 0 saturated heterocycles. The van der Waals surface area contributed by atoms with Crippen molar-refractivity contribution in [3.05, 3.63) is 0 Å². The van der Waals surface area contributed by atoms with E-state index in [4.69, 9.17) is 20.4 Å². The minimum Gasteiger partial charge on any atom is -1.00 e. The predicted octanol–water partition coefficient (Wildman–Crippen LogP) is -2.37. The number of carboxylic acids is 1. The fourth-order valence-corrected chi connectivity index (χ4v) is 0.264. The maximum Gasteiger partial charge on any atom is 2.00 e. The van der Waals surface area contributed by atoms with E-state index in [9.17, 15) is 4.79 Å². The van der Waals surface area contributed by atoms with E-state index in [1.807, 2.05) is 0 Å². The Morgan fingerprint density at radius 1 is 1.50 bits per heavy atom. The van der Waals surface area contributed by atoms with Crippen molar-refractivity contribution in [2.75, 3.05) is 6.61 Å².